The van der Waals surface area contributed by atoms with Gasteiger partial charge in [0.25, 0.3) is 5.91 Å². The second kappa shape index (κ2) is 10.5. The molecule has 3 aromatic rings. The van der Waals surface area contributed by atoms with Crippen molar-refractivity contribution < 1.29 is 23.8 Å². The number of fused-ring (bicyclic) bond motifs is 1. The number of amides is 2. The number of carbonyl (C=O) groups excluding carboxylic acids is 2. The van der Waals surface area contributed by atoms with Gasteiger partial charge in [-0.15, -0.1) is 0 Å². The molecule has 0 bridgehead atoms. The van der Waals surface area contributed by atoms with Crippen molar-refractivity contribution in [2.45, 2.75) is 25.8 Å². The third-order valence-corrected chi connectivity index (χ3v) is 5.97. The van der Waals surface area contributed by atoms with Gasteiger partial charge in [-0.1, -0.05) is 0 Å². The Labute approximate surface area is 197 Å². The van der Waals surface area contributed by atoms with Crippen molar-refractivity contribution in [2.24, 2.45) is 0 Å². The molecule has 0 saturated carbocycles. The van der Waals surface area contributed by atoms with Crippen molar-refractivity contribution >= 4 is 22.8 Å². The summed E-state index contributed by atoms with van der Waals surface area (Å²) in [4.78, 5) is 38.4. The normalized spacial score (nSPS) is 14.3. The zero-order valence-corrected chi connectivity index (χ0v) is 19.6. The van der Waals surface area contributed by atoms with Crippen molar-refractivity contribution in [3.8, 4) is 22.8 Å². The quantitative estimate of drug-likeness (QED) is 0.488. The molecule has 10 nitrogen and oxygen atoms in total. The maximum absolute atomic E-state index is 13.0. The second-order valence-electron chi connectivity index (χ2n) is 8.11. The molecule has 0 radical (unpaired) electrons. The summed E-state index contributed by atoms with van der Waals surface area (Å²) in [6.07, 6.45) is 4.54. The van der Waals surface area contributed by atoms with Gasteiger partial charge < -0.3 is 29.4 Å². The largest absolute Gasteiger partial charge is 0.497 e. The molecule has 0 unspecified atom stereocenters. The number of ether oxygens (including phenoxy) is 3. The average Bonchev–Trinajstić information content (AvgIpc) is 3.29. The van der Waals surface area contributed by atoms with Gasteiger partial charge in [-0.2, -0.15) is 0 Å². The van der Waals surface area contributed by atoms with E-state index in [9.17, 15) is 9.59 Å². The first-order valence-electron chi connectivity index (χ1n) is 11.2. The topological polar surface area (TPSA) is 119 Å². The van der Waals surface area contributed by atoms with Crippen LogP contribution in [0.25, 0.3) is 22.3 Å². The summed E-state index contributed by atoms with van der Waals surface area (Å²) >= 11 is 0. The molecular formula is C24H29N5O5. The number of methoxy groups -OCH3 is 2. The average molecular weight is 468 g/mol. The molecule has 0 atom stereocenters. The summed E-state index contributed by atoms with van der Waals surface area (Å²) in [5.41, 5.74) is 2.98. The van der Waals surface area contributed by atoms with Gasteiger partial charge in [-0.25, -0.2) is 9.97 Å². The maximum atomic E-state index is 13.0. The smallest absolute Gasteiger partial charge is 0.255 e. The molecule has 3 heterocycles. The van der Waals surface area contributed by atoms with E-state index < -0.39 is 0 Å². The molecule has 4 rings (SSSR count). The van der Waals surface area contributed by atoms with Crippen LogP contribution in [0.2, 0.25) is 0 Å². The monoisotopic (exact) mass is 467 g/mol. The number of H-pyrrole nitrogens is 1. The minimum atomic E-state index is -0.205. The summed E-state index contributed by atoms with van der Waals surface area (Å²) < 4.78 is 16.4. The third kappa shape index (κ3) is 4.96. The lowest BCUT2D eigenvalue weighted by atomic mass is 10.0. The van der Waals surface area contributed by atoms with Gasteiger partial charge in [0, 0.05) is 51.0 Å². The second-order valence-corrected chi connectivity index (χ2v) is 8.11. The summed E-state index contributed by atoms with van der Waals surface area (Å²) in [6, 6.07) is 5.50. The van der Waals surface area contributed by atoms with Crippen molar-refractivity contribution in [1.29, 1.82) is 0 Å². The Bertz CT molecular complexity index is 1170. The molecule has 1 saturated heterocycles. The van der Waals surface area contributed by atoms with Crippen LogP contribution in [0.1, 0.15) is 30.1 Å². The van der Waals surface area contributed by atoms with Crippen LogP contribution in [0.5, 0.6) is 11.5 Å². The standard InChI is InChI=1S/C24H29N5O5/c1-15(30)29-8-6-16(7-9-29)28-24(31)19-13-25-23-21(26-14-27-22(19)23)18-5-4-17(33-3)12-20(18)34-11-10-32-2/h4-5,12-14,16,25H,6-11H2,1-3H3,(H,28,31). The highest BCUT2D eigenvalue weighted by atomic mass is 16.5. The third-order valence-electron chi connectivity index (χ3n) is 5.97. The zero-order valence-electron chi connectivity index (χ0n) is 19.6. The van der Waals surface area contributed by atoms with Crippen LogP contribution in [0.15, 0.2) is 30.7 Å². The lowest BCUT2D eigenvalue weighted by molar-refractivity contribution is -0.129. The maximum Gasteiger partial charge on any atom is 0.255 e. The highest BCUT2D eigenvalue weighted by Gasteiger charge is 2.24. The molecule has 1 aromatic carbocycles. The van der Waals surface area contributed by atoms with Gasteiger partial charge in [-0.3, -0.25) is 9.59 Å². The molecule has 1 aliphatic heterocycles. The van der Waals surface area contributed by atoms with Crippen LogP contribution >= 0.6 is 0 Å². The molecule has 10 heteroatoms. The molecule has 0 aliphatic carbocycles. The Morgan fingerprint density at radius 3 is 2.68 bits per heavy atom. The number of aromatic nitrogens is 3. The minimum absolute atomic E-state index is 0.0109. The Kier molecular flexibility index (Phi) is 7.27. The highest BCUT2D eigenvalue weighted by molar-refractivity contribution is 6.08. The first-order valence-corrected chi connectivity index (χ1v) is 11.2. The molecule has 34 heavy (non-hydrogen) atoms. The zero-order chi connectivity index (χ0) is 24.1. The fourth-order valence-electron chi connectivity index (χ4n) is 4.10. The van der Waals surface area contributed by atoms with E-state index >= 15 is 0 Å². The van der Waals surface area contributed by atoms with E-state index in [0.29, 0.717) is 60.1 Å². The van der Waals surface area contributed by atoms with Gasteiger partial charge >= 0.3 is 0 Å². The molecular weight excluding hydrogens is 438 g/mol. The van der Waals surface area contributed by atoms with Crippen LogP contribution in [0, 0.1) is 0 Å². The van der Waals surface area contributed by atoms with Crippen LogP contribution in [-0.4, -0.2) is 78.2 Å². The van der Waals surface area contributed by atoms with E-state index in [1.165, 1.54) is 6.33 Å². The molecule has 2 aromatic heterocycles. The van der Waals surface area contributed by atoms with Crippen molar-refractivity contribution in [1.82, 2.24) is 25.2 Å². The number of nitrogens with zero attached hydrogens (tertiary/aromatic N) is 3. The number of nitrogens with one attached hydrogen (secondary N) is 2. The van der Waals surface area contributed by atoms with Crippen LogP contribution < -0.4 is 14.8 Å². The van der Waals surface area contributed by atoms with Gasteiger partial charge in [0.05, 0.1) is 24.8 Å². The summed E-state index contributed by atoms with van der Waals surface area (Å²) in [7, 11) is 3.21. The molecule has 1 aliphatic rings. The number of rotatable bonds is 8. The SMILES string of the molecule is COCCOc1cc(OC)ccc1-c1ncnc2c(C(=O)NC3CCN(C(C)=O)CC3)c[nH]c12. The molecule has 1 fully saturated rings. The minimum Gasteiger partial charge on any atom is -0.497 e. The first kappa shape index (κ1) is 23.5. The first-order chi connectivity index (χ1) is 16.5. The van der Waals surface area contributed by atoms with E-state index in [1.807, 2.05) is 12.1 Å². The van der Waals surface area contributed by atoms with Crippen LogP contribution in [0.4, 0.5) is 0 Å². The van der Waals surface area contributed by atoms with E-state index in [0.717, 1.165) is 18.4 Å². The van der Waals surface area contributed by atoms with E-state index in [1.54, 1.807) is 38.3 Å². The summed E-state index contributed by atoms with van der Waals surface area (Å²) in [5, 5.41) is 3.08. The molecule has 2 amide bonds. The number of likely N-dealkylation sites (tertiary alicyclic amines) is 1. The Hall–Kier alpha value is -3.66. The lowest BCUT2D eigenvalue weighted by Crippen LogP contribution is -2.45. The van der Waals surface area contributed by atoms with E-state index in [4.69, 9.17) is 14.2 Å². The number of carbonyl (C=O) groups is 2. The Morgan fingerprint density at radius 1 is 1.18 bits per heavy atom. The number of benzene rings is 1. The predicted molar refractivity (Wildman–Crippen MR) is 126 cm³/mol. The van der Waals surface area contributed by atoms with Crippen LogP contribution in [0.3, 0.4) is 0 Å². The number of hydrogen-bond acceptors (Lipinski definition) is 7. The fraction of sp³-hybridized carbons (Fsp3) is 0.417. The van der Waals surface area contributed by atoms with E-state index in [-0.39, 0.29) is 17.9 Å². The van der Waals surface area contributed by atoms with E-state index in [2.05, 4.69) is 20.3 Å². The Morgan fingerprint density at radius 2 is 1.97 bits per heavy atom. The van der Waals surface area contributed by atoms with Crippen LogP contribution in [-0.2, 0) is 9.53 Å². The lowest BCUT2D eigenvalue weighted by Gasteiger charge is -2.31. The summed E-state index contributed by atoms with van der Waals surface area (Å²) in [6.45, 7) is 3.66. The van der Waals surface area contributed by atoms with Gasteiger partial charge in [0.1, 0.15) is 35.6 Å². The van der Waals surface area contributed by atoms with Crippen molar-refractivity contribution in [3.05, 3.63) is 36.3 Å². The fourth-order valence-corrected chi connectivity index (χ4v) is 4.10. The molecule has 2 N–H and O–H groups in total. The van der Waals surface area contributed by atoms with Gasteiger partial charge in [-0.05, 0) is 25.0 Å². The van der Waals surface area contributed by atoms with Crippen molar-refractivity contribution in [2.75, 3.05) is 40.5 Å². The molecule has 180 valence electrons. The Balaban J connectivity index is 1.59. The van der Waals surface area contributed by atoms with Crippen molar-refractivity contribution in [3.63, 3.8) is 0 Å². The van der Waals surface area contributed by atoms with Gasteiger partial charge in [0.2, 0.25) is 5.91 Å². The summed E-state index contributed by atoms with van der Waals surface area (Å²) in [5.74, 6) is 1.11. The number of hydrogen-bond donors (Lipinski definition) is 2. The number of piperidine rings is 1. The molecule has 0 spiro atoms. The number of aromatic amines is 1. The van der Waals surface area contributed by atoms with Gasteiger partial charge in [0.15, 0.2) is 0 Å². The highest BCUT2D eigenvalue weighted by Crippen LogP contribution is 2.35. The predicted octanol–water partition coefficient (Wildman–Crippen LogP) is 2.40.